The summed E-state index contributed by atoms with van der Waals surface area (Å²) >= 11 is 0. The molecular weight excluding hydrogens is 205 g/mol. The van der Waals surface area contributed by atoms with Crippen molar-refractivity contribution in [3.05, 3.63) is 24.0 Å². The fourth-order valence-corrected chi connectivity index (χ4v) is 2.33. The van der Waals surface area contributed by atoms with Gasteiger partial charge >= 0.3 is 0 Å². The third kappa shape index (κ3) is 2.46. The van der Waals surface area contributed by atoms with Crippen molar-refractivity contribution < 1.29 is 9.13 Å². The number of methoxy groups -OCH3 is 1. The summed E-state index contributed by atoms with van der Waals surface area (Å²) in [4.78, 5) is 0. The zero-order chi connectivity index (χ0) is 11.5. The molecule has 0 radical (unpaired) electrons. The lowest BCUT2D eigenvalue weighted by molar-refractivity contribution is 0.386. The molecule has 1 aliphatic rings. The first-order valence-corrected chi connectivity index (χ1v) is 5.79. The third-order valence-electron chi connectivity index (χ3n) is 3.22. The summed E-state index contributed by atoms with van der Waals surface area (Å²) in [5.74, 6) is 0.768. The molecule has 2 unspecified atom stereocenters. The van der Waals surface area contributed by atoms with Crippen LogP contribution in [0.15, 0.2) is 18.2 Å². The van der Waals surface area contributed by atoms with Crippen molar-refractivity contribution >= 4 is 5.69 Å². The summed E-state index contributed by atoms with van der Waals surface area (Å²) in [7, 11) is 1.48. The van der Waals surface area contributed by atoms with Crippen LogP contribution in [0.25, 0.3) is 0 Å². The molecule has 1 aliphatic carbocycles. The van der Waals surface area contributed by atoms with E-state index in [-0.39, 0.29) is 5.82 Å². The van der Waals surface area contributed by atoms with Crippen molar-refractivity contribution in [2.45, 2.75) is 32.2 Å². The van der Waals surface area contributed by atoms with Gasteiger partial charge in [0.05, 0.1) is 7.11 Å². The lowest BCUT2D eigenvalue weighted by Crippen LogP contribution is -2.15. The van der Waals surface area contributed by atoms with Gasteiger partial charge in [0.1, 0.15) is 0 Å². The number of hydrogen-bond donors (Lipinski definition) is 1. The van der Waals surface area contributed by atoms with Crippen molar-refractivity contribution in [1.82, 2.24) is 0 Å². The summed E-state index contributed by atoms with van der Waals surface area (Å²) < 4.78 is 18.3. The molecule has 1 aromatic rings. The van der Waals surface area contributed by atoms with E-state index in [2.05, 4.69) is 12.2 Å². The maximum atomic E-state index is 13.4. The van der Waals surface area contributed by atoms with Crippen LogP contribution >= 0.6 is 0 Å². The van der Waals surface area contributed by atoms with Gasteiger partial charge in [-0.15, -0.1) is 0 Å². The van der Waals surface area contributed by atoms with Crippen molar-refractivity contribution in [2.75, 3.05) is 12.4 Å². The molecule has 0 spiro atoms. The quantitative estimate of drug-likeness (QED) is 0.847. The molecule has 0 amide bonds. The van der Waals surface area contributed by atoms with Gasteiger partial charge in [-0.2, -0.15) is 0 Å². The molecule has 0 saturated heterocycles. The van der Waals surface area contributed by atoms with Gasteiger partial charge in [0.2, 0.25) is 0 Å². The third-order valence-corrected chi connectivity index (χ3v) is 3.22. The molecule has 0 aromatic heterocycles. The molecule has 0 bridgehead atoms. The van der Waals surface area contributed by atoms with E-state index >= 15 is 0 Å². The Bertz CT molecular complexity index is 367. The molecular formula is C13H18FNO. The largest absolute Gasteiger partial charge is 0.494 e. The number of ether oxygens (including phenoxy) is 1. The number of hydrogen-bond acceptors (Lipinski definition) is 2. The Labute approximate surface area is 95.8 Å². The topological polar surface area (TPSA) is 21.3 Å². The van der Waals surface area contributed by atoms with Crippen molar-refractivity contribution in [1.29, 1.82) is 0 Å². The highest BCUT2D eigenvalue weighted by Gasteiger charge is 2.21. The molecule has 16 heavy (non-hydrogen) atoms. The van der Waals surface area contributed by atoms with E-state index < -0.39 is 0 Å². The summed E-state index contributed by atoms with van der Waals surface area (Å²) in [6.07, 6.45) is 3.61. The fraction of sp³-hybridized carbons (Fsp3) is 0.538. The highest BCUT2D eigenvalue weighted by atomic mass is 19.1. The monoisotopic (exact) mass is 223 g/mol. The van der Waals surface area contributed by atoms with Gasteiger partial charge in [0.15, 0.2) is 11.6 Å². The standard InChI is InChI=1S/C13H18FNO/c1-9-3-4-10(7-9)15-11-5-6-13(16-2)12(14)8-11/h5-6,8-10,15H,3-4,7H2,1-2H3. The Morgan fingerprint density at radius 1 is 1.38 bits per heavy atom. The molecule has 2 atom stereocenters. The molecule has 1 aromatic carbocycles. The lowest BCUT2D eigenvalue weighted by Gasteiger charge is -2.14. The molecule has 1 fully saturated rings. The predicted octanol–water partition coefficient (Wildman–Crippen LogP) is 3.43. The van der Waals surface area contributed by atoms with E-state index in [9.17, 15) is 4.39 Å². The summed E-state index contributed by atoms with van der Waals surface area (Å²) in [5.41, 5.74) is 0.845. The first-order valence-electron chi connectivity index (χ1n) is 5.79. The van der Waals surface area contributed by atoms with Gasteiger partial charge in [-0.25, -0.2) is 4.39 Å². The zero-order valence-electron chi connectivity index (χ0n) is 9.79. The first-order chi connectivity index (χ1) is 7.69. The Kier molecular flexibility index (Phi) is 3.32. The van der Waals surface area contributed by atoms with Crippen LogP contribution in [0.1, 0.15) is 26.2 Å². The molecule has 0 aliphatic heterocycles. The summed E-state index contributed by atoms with van der Waals surface area (Å²) in [5, 5.41) is 3.37. The maximum absolute atomic E-state index is 13.4. The maximum Gasteiger partial charge on any atom is 0.167 e. The van der Waals surface area contributed by atoms with Crippen LogP contribution in [0.4, 0.5) is 10.1 Å². The molecule has 2 nitrogen and oxygen atoms in total. The van der Waals surface area contributed by atoms with Gasteiger partial charge in [0, 0.05) is 17.8 Å². The predicted molar refractivity (Wildman–Crippen MR) is 63.4 cm³/mol. The highest BCUT2D eigenvalue weighted by molar-refractivity contribution is 5.48. The second-order valence-electron chi connectivity index (χ2n) is 4.61. The SMILES string of the molecule is COc1ccc(NC2CCC(C)C2)cc1F. The van der Waals surface area contributed by atoms with Crippen LogP contribution in [0.3, 0.4) is 0 Å². The minimum atomic E-state index is -0.307. The number of halogens is 1. The summed E-state index contributed by atoms with van der Waals surface area (Å²) in [6.45, 7) is 2.26. The van der Waals surface area contributed by atoms with E-state index in [1.807, 2.05) is 6.07 Å². The average Bonchev–Trinajstić information content (AvgIpc) is 2.64. The lowest BCUT2D eigenvalue weighted by atomic mass is 10.1. The van der Waals surface area contributed by atoms with Crippen LogP contribution in [0.5, 0.6) is 5.75 Å². The highest BCUT2D eigenvalue weighted by Crippen LogP contribution is 2.28. The second kappa shape index (κ2) is 4.73. The zero-order valence-corrected chi connectivity index (χ0v) is 9.79. The van der Waals surface area contributed by atoms with Crippen LogP contribution in [-0.4, -0.2) is 13.2 Å². The van der Waals surface area contributed by atoms with Gasteiger partial charge in [-0.3, -0.25) is 0 Å². The van der Waals surface area contributed by atoms with E-state index in [1.54, 1.807) is 6.07 Å². The molecule has 1 saturated carbocycles. The number of benzene rings is 1. The van der Waals surface area contributed by atoms with Crippen molar-refractivity contribution in [2.24, 2.45) is 5.92 Å². The van der Waals surface area contributed by atoms with Gasteiger partial charge in [-0.1, -0.05) is 6.92 Å². The van der Waals surface area contributed by atoms with Gasteiger partial charge in [-0.05, 0) is 37.3 Å². The smallest absolute Gasteiger partial charge is 0.167 e. The molecule has 2 rings (SSSR count). The van der Waals surface area contributed by atoms with Crippen LogP contribution < -0.4 is 10.1 Å². The average molecular weight is 223 g/mol. The van der Waals surface area contributed by atoms with Crippen LogP contribution in [0.2, 0.25) is 0 Å². The van der Waals surface area contributed by atoms with E-state index in [0.717, 1.165) is 11.6 Å². The Hall–Kier alpha value is -1.25. The summed E-state index contributed by atoms with van der Waals surface area (Å²) in [6, 6.07) is 5.52. The van der Waals surface area contributed by atoms with Crippen molar-refractivity contribution in [3.8, 4) is 5.75 Å². The molecule has 88 valence electrons. The van der Waals surface area contributed by atoms with Crippen LogP contribution in [0, 0.1) is 11.7 Å². The Balaban J connectivity index is 2.02. The second-order valence-corrected chi connectivity index (χ2v) is 4.61. The minimum absolute atomic E-state index is 0.297. The number of nitrogens with one attached hydrogen (secondary N) is 1. The Morgan fingerprint density at radius 3 is 2.75 bits per heavy atom. The minimum Gasteiger partial charge on any atom is -0.494 e. The molecule has 1 N–H and O–H groups in total. The van der Waals surface area contributed by atoms with Gasteiger partial charge in [0.25, 0.3) is 0 Å². The van der Waals surface area contributed by atoms with E-state index in [0.29, 0.717) is 11.8 Å². The molecule has 3 heteroatoms. The van der Waals surface area contributed by atoms with E-state index in [1.165, 1.54) is 32.4 Å². The molecule has 0 heterocycles. The fourth-order valence-electron chi connectivity index (χ4n) is 2.33. The Morgan fingerprint density at radius 2 is 2.19 bits per heavy atom. The van der Waals surface area contributed by atoms with E-state index in [4.69, 9.17) is 4.74 Å². The number of rotatable bonds is 3. The van der Waals surface area contributed by atoms with Gasteiger partial charge < -0.3 is 10.1 Å². The van der Waals surface area contributed by atoms with Crippen molar-refractivity contribution in [3.63, 3.8) is 0 Å². The normalized spacial score (nSPS) is 24.4. The first kappa shape index (κ1) is 11.2. The van der Waals surface area contributed by atoms with Crippen LogP contribution in [-0.2, 0) is 0 Å². The number of anilines is 1.